The number of hydrogen-bond acceptors (Lipinski definition) is 8. The van der Waals surface area contributed by atoms with E-state index in [0.29, 0.717) is 22.3 Å². The first-order chi connectivity index (χ1) is 15.0. The van der Waals surface area contributed by atoms with Gasteiger partial charge in [0.25, 0.3) is 5.56 Å². The third-order valence-electron chi connectivity index (χ3n) is 4.30. The monoisotopic (exact) mass is 442 g/mol. The van der Waals surface area contributed by atoms with Crippen LogP contribution in [-0.4, -0.2) is 47.1 Å². The number of methoxy groups -OCH3 is 1. The zero-order chi connectivity index (χ0) is 22.4. The Bertz CT molecular complexity index is 1120. The fraction of sp³-hybridized carbons (Fsp3) is 0.273. The molecule has 0 unspecified atom stereocenters. The Morgan fingerprint density at radius 2 is 1.61 bits per heavy atom. The van der Waals surface area contributed by atoms with E-state index in [4.69, 9.17) is 14.2 Å². The van der Waals surface area contributed by atoms with Crippen molar-refractivity contribution < 1.29 is 23.8 Å². The Labute approximate surface area is 183 Å². The van der Waals surface area contributed by atoms with Crippen LogP contribution in [0.5, 0.6) is 5.75 Å². The Hall–Kier alpha value is -3.33. The second-order valence-electron chi connectivity index (χ2n) is 6.25. The van der Waals surface area contributed by atoms with Crippen molar-refractivity contribution in [2.75, 3.05) is 20.3 Å². The Morgan fingerprint density at radius 1 is 1.00 bits per heavy atom. The maximum absolute atomic E-state index is 13.3. The molecule has 2 aromatic carbocycles. The van der Waals surface area contributed by atoms with Crippen LogP contribution >= 0.6 is 11.8 Å². The van der Waals surface area contributed by atoms with E-state index in [0.717, 1.165) is 11.8 Å². The number of aromatic nitrogens is 2. The van der Waals surface area contributed by atoms with Crippen LogP contribution in [0.4, 0.5) is 0 Å². The van der Waals surface area contributed by atoms with Crippen molar-refractivity contribution in [2.45, 2.75) is 24.3 Å². The molecule has 3 rings (SSSR count). The van der Waals surface area contributed by atoms with Crippen LogP contribution in [-0.2, 0) is 19.1 Å². The number of benzene rings is 2. The standard InChI is InChI=1S/C22H22N2O6S/c1-4-29-20(26)18(21(27)30-5-2)31-22-23-17-9-7-6-8-16(17)19(25)24(22)14-10-12-15(28-3)13-11-14/h6-13,18H,4-5H2,1-3H3. The van der Waals surface area contributed by atoms with Gasteiger partial charge in [0.2, 0.25) is 5.25 Å². The smallest absolute Gasteiger partial charge is 0.331 e. The summed E-state index contributed by atoms with van der Waals surface area (Å²) in [5, 5.41) is -0.746. The molecule has 3 aromatic rings. The SMILES string of the molecule is CCOC(=O)C(Sc1nc2ccccc2c(=O)n1-c1ccc(OC)cc1)C(=O)OCC. The Kier molecular flexibility index (Phi) is 7.30. The predicted octanol–water partition coefficient (Wildman–Crippen LogP) is 2.98. The van der Waals surface area contributed by atoms with Gasteiger partial charge in [0, 0.05) is 0 Å². The molecule has 1 aromatic heterocycles. The second-order valence-corrected chi connectivity index (χ2v) is 7.32. The topological polar surface area (TPSA) is 96.7 Å². The first-order valence-electron chi connectivity index (χ1n) is 9.66. The highest BCUT2D eigenvalue weighted by molar-refractivity contribution is 8.01. The van der Waals surface area contributed by atoms with Gasteiger partial charge in [0.05, 0.1) is 36.9 Å². The van der Waals surface area contributed by atoms with Crippen molar-refractivity contribution in [2.24, 2.45) is 0 Å². The highest BCUT2D eigenvalue weighted by atomic mass is 32.2. The van der Waals surface area contributed by atoms with Gasteiger partial charge in [-0.3, -0.25) is 19.0 Å². The molecule has 31 heavy (non-hydrogen) atoms. The first-order valence-corrected chi connectivity index (χ1v) is 10.5. The molecule has 0 amide bonds. The largest absolute Gasteiger partial charge is 0.497 e. The molecule has 0 aliphatic rings. The van der Waals surface area contributed by atoms with Gasteiger partial charge < -0.3 is 14.2 Å². The summed E-state index contributed by atoms with van der Waals surface area (Å²) >= 11 is 0.817. The average Bonchev–Trinajstić information content (AvgIpc) is 2.78. The molecule has 1 heterocycles. The van der Waals surface area contributed by atoms with Gasteiger partial charge in [-0.2, -0.15) is 0 Å². The predicted molar refractivity (Wildman–Crippen MR) is 117 cm³/mol. The van der Waals surface area contributed by atoms with E-state index in [2.05, 4.69) is 4.98 Å². The van der Waals surface area contributed by atoms with Crippen molar-refractivity contribution in [3.05, 3.63) is 58.9 Å². The summed E-state index contributed by atoms with van der Waals surface area (Å²) in [6, 6.07) is 13.7. The van der Waals surface area contributed by atoms with Crippen LogP contribution < -0.4 is 10.3 Å². The summed E-state index contributed by atoms with van der Waals surface area (Å²) in [5.41, 5.74) is 0.633. The van der Waals surface area contributed by atoms with E-state index >= 15 is 0 Å². The van der Waals surface area contributed by atoms with Crippen molar-refractivity contribution in [3.63, 3.8) is 0 Å². The molecule has 162 valence electrons. The lowest BCUT2D eigenvalue weighted by Crippen LogP contribution is -2.32. The fourth-order valence-electron chi connectivity index (χ4n) is 2.88. The third-order valence-corrected chi connectivity index (χ3v) is 5.41. The molecule has 0 aliphatic heterocycles. The van der Waals surface area contributed by atoms with Gasteiger partial charge in [-0.1, -0.05) is 23.9 Å². The van der Waals surface area contributed by atoms with Crippen molar-refractivity contribution in [3.8, 4) is 11.4 Å². The maximum Gasteiger partial charge on any atom is 0.331 e. The summed E-state index contributed by atoms with van der Waals surface area (Å²) in [4.78, 5) is 42.8. The first kappa shape index (κ1) is 22.4. The van der Waals surface area contributed by atoms with Crippen LogP contribution in [0.1, 0.15) is 13.8 Å². The summed E-state index contributed by atoms with van der Waals surface area (Å²) < 4.78 is 16.6. The van der Waals surface area contributed by atoms with Gasteiger partial charge >= 0.3 is 11.9 Å². The van der Waals surface area contributed by atoms with Crippen LogP contribution in [0, 0.1) is 0 Å². The minimum atomic E-state index is -1.32. The van der Waals surface area contributed by atoms with Crippen LogP contribution in [0.25, 0.3) is 16.6 Å². The lowest BCUT2D eigenvalue weighted by Gasteiger charge is -2.17. The van der Waals surface area contributed by atoms with Crippen molar-refractivity contribution in [1.29, 1.82) is 0 Å². The van der Waals surface area contributed by atoms with Gasteiger partial charge in [0.15, 0.2) is 5.16 Å². The summed E-state index contributed by atoms with van der Waals surface area (Å²) in [6.07, 6.45) is 0. The number of rotatable bonds is 8. The molecular formula is C22H22N2O6S. The van der Waals surface area contributed by atoms with Gasteiger partial charge in [-0.05, 0) is 50.2 Å². The van der Waals surface area contributed by atoms with E-state index < -0.39 is 17.2 Å². The normalized spacial score (nSPS) is 10.8. The number of carbonyl (C=O) groups excluding carboxylic acids is 2. The highest BCUT2D eigenvalue weighted by Crippen LogP contribution is 2.27. The van der Waals surface area contributed by atoms with Gasteiger partial charge in [-0.25, -0.2) is 4.98 Å². The lowest BCUT2D eigenvalue weighted by atomic mass is 10.2. The minimum absolute atomic E-state index is 0.103. The second kappa shape index (κ2) is 10.1. The number of carbonyl (C=O) groups is 2. The molecule has 0 atom stereocenters. The Balaban J connectivity index is 2.17. The molecular weight excluding hydrogens is 420 g/mol. The number of thioether (sulfide) groups is 1. The van der Waals surface area contributed by atoms with Crippen molar-refractivity contribution >= 4 is 34.6 Å². The zero-order valence-electron chi connectivity index (χ0n) is 17.4. The summed E-state index contributed by atoms with van der Waals surface area (Å²) in [7, 11) is 1.54. The highest BCUT2D eigenvalue weighted by Gasteiger charge is 2.33. The summed E-state index contributed by atoms with van der Waals surface area (Å²) in [5.74, 6) is -0.889. The number of hydrogen-bond donors (Lipinski definition) is 0. The molecule has 0 radical (unpaired) electrons. The van der Waals surface area contributed by atoms with Crippen LogP contribution in [0.3, 0.4) is 0 Å². The van der Waals surface area contributed by atoms with Crippen LogP contribution in [0.15, 0.2) is 58.5 Å². The van der Waals surface area contributed by atoms with Crippen LogP contribution in [0.2, 0.25) is 0 Å². The number of fused-ring (bicyclic) bond motifs is 1. The summed E-state index contributed by atoms with van der Waals surface area (Å²) in [6.45, 7) is 3.50. The minimum Gasteiger partial charge on any atom is -0.497 e. The molecule has 0 saturated heterocycles. The maximum atomic E-state index is 13.3. The Morgan fingerprint density at radius 3 is 2.19 bits per heavy atom. The van der Waals surface area contributed by atoms with Gasteiger partial charge in [0.1, 0.15) is 5.75 Å². The number of para-hydroxylation sites is 1. The number of esters is 2. The number of ether oxygens (including phenoxy) is 3. The van der Waals surface area contributed by atoms with E-state index in [1.54, 1.807) is 69.5 Å². The molecule has 0 bridgehead atoms. The fourth-order valence-corrected chi connectivity index (χ4v) is 3.87. The van der Waals surface area contributed by atoms with E-state index in [9.17, 15) is 14.4 Å². The van der Waals surface area contributed by atoms with E-state index in [-0.39, 0.29) is 23.9 Å². The molecule has 0 saturated carbocycles. The molecule has 8 nitrogen and oxygen atoms in total. The molecule has 0 N–H and O–H groups in total. The third kappa shape index (κ3) is 4.88. The lowest BCUT2D eigenvalue weighted by molar-refractivity contribution is -0.152. The van der Waals surface area contributed by atoms with Gasteiger partial charge in [-0.15, -0.1) is 0 Å². The zero-order valence-corrected chi connectivity index (χ0v) is 18.2. The molecule has 0 aliphatic carbocycles. The van der Waals surface area contributed by atoms with E-state index in [1.807, 2.05) is 0 Å². The molecule has 0 fully saturated rings. The molecule has 9 heteroatoms. The van der Waals surface area contributed by atoms with Crippen molar-refractivity contribution in [1.82, 2.24) is 9.55 Å². The molecule has 0 spiro atoms. The quantitative estimate of drug-likeness (QED) is 0.227. The average molecular weight is 442 g/mol. The van der Waals surface area contributed by atoms with E-state index in [1.165, 1.54) is 4.57 Å². The number of nitrogens with zero attached hydrogens (tertiary/aromatic N) is 2.